The van der Waals surface area contributed by atoms with Crippen molar-refractivity contribution in [1.29, 1.82) is 0 Å². The molecule has 0 saturated carbocycles. The van der Waals surface area contributed by atoms with Gasteiger partial charge in [0, 0.05) is 38.1 Å². The van der Waals surface area contributed by atoms with Gasteiger partial charge in [0.05, 0.1) is 6.61 Å². The van der Waals surface area contributed by atoms with E-state index >= 15 is 0 Å². The molecule has 0 saturated heterocycles. The first-order chi connectivity index (χ1) is 12.2. The first-order valence-corrected chi connectivity index (χ1v) is 8.09. The third kappa shape index (κ3) is 4.13. The predicted octanol–water partition coefficient (Wildman–Crippen LogP) is 3.39. The van der Waals surface area contributed by atoms with Crippen LogP contribution in [-0.4, -0.2) is 47.7 Å². The molecule has 0 unspecified atom stereocenters. The molecular formula is C18H20N4O3. The molecule has 130 valence electrons. The molecule has 2 amide bonds. The number of carbonyl (C=O) groups is 1. The maximum absolute atomic E-state index is 12.2. The van der Waals surface area contributed by atoms with E-state index in [1.807, 2.05) is 25.1 Å². The third-order valence-electron chi connectivity index (χ3n) is 3.65. The molecule has 0 aliphatic rings. The number of nitrogens with one attached hydrogen (secondary N) is 1. The summed E-state index contributed by atoms with van der Waals surface area (Å²) in [4.78, 5) is 22.4. The number of anilines is 1. The Balaban J connectivity index is 1.72. The molecule has 3 rings (SSSR count). The monoisotopic (exact) mass is 340 g/mol. The van der Waals surface area contributed by atoms with Gasteiger partial charge in [-0.1, -0.05) is 6.07 Å². The lowest BCUT2D eigenvalue weighted by Crippen LogP contribution is -2.33. The van der Waals surface area contributed by atoms with E-state index in [1.165, 1.54) is 0 Å². The van der Waals surface area contributed by atoms with Crippen LogP contribution in [0.1, 0.15) is 6.92 Å². The molecule has 0 atom stereocenters. The number of fused-ring (bicyclic) bond motifs is 1. The van der Waals surface area contributed by atoms with E-state index in [9.17, 15) is 4.79 Å². The van der Waals surface area contributed by atoms with Gasteiger partial charge in [-0.25, -0.2) is 9.78 Å². The molecule has 0 spiro atoms. The molecule has 0 radical (unpaired) electrons. The molecule has 0 aliphatic carbocycles. The Hall–Kier alpha value is -2.93. The van der Waals surface area contributed by atoms with Gasteiger partial charge in [0.25, 0.3) is 0 Å². The summed E-state index contributed by atoms with van der Waals surface area (Å²) in [5, 5.41) is 2.84. The Kier molecular flexibility index (Phi) is 5.25. The molecule has 0 fully saturated rings. The number of oxazole rings is 1. The van der Waals surface area contributed by atoms with Gasteiger partial charge in [0.15, 0.2) is 5.58 Å². The van der Waals surface area contributed by atoms with Gasteiger partial charge in [-0.3, -0.25) is 4.98 Å². The fourth-order valence-corrected chi connectivity index (χ4v) is 2.27. The van der Waals surface area contributed by atoms with E-state index in [0.717, 1.165) is 0 Å². The van der Waals surface area contributed by atoms with Gasteiger partial charge in [-0.05, 0) is 31.2 Å². The van der Waals surface area contributed by atoms with Crippen molar-refractivity contribution in [3.8, 4) is 11.6 Å². The maximum Gasteiger partial charge on any atom is 0.321 e. The van der Waals surface area contributed by atoms with Crippen LogP contribution in [-0.2, 0) is 4.74 Å². The molecule has 0 aliphatic heterocycles. The molecule has 3 aromatic rings. The second-order valence-electron chi connectivity index (χ2n) is 5.47. The summed E-state index contributed by atoms with van der Waals surface area (Å²) >= 11 is 0. The summed E-state index contributed by atoms with van der Waals surface area (Å²) in [5.41, 5.74) is 2.61. The first kappa shape index (κ1) is 16.9. The van der Waals surface area contributed by atoms with Gasteiger partial charge in [-0.2, -0.15) is 0 Å². The summed E-state index contributed by atoms with van der Waals surface area (Å²) in [6.07, 6.45) is 1.69. The van der Waals surface area contributed by atoms with Gasteiger partial charge in [-0.15, -0.1) is 0 Å². The number of ether oxygens (including phenoxy) is 1. The summed E-state index contributed by atoms with van der Waals surface area (Å²) in [6, 6.07) is 10.7. The maximum atomic E-state index is 12.2. The lowest BCUT2D eigenvalue weighted by molar-refractivity contribution is 0.128. The molecule has 7 heteroatoms. The van der Waals surface area contributed by atoms with Crippen molar-refractivity contribution in [3.63, 3.8) is 0 Å². The van der Waals surface area contributed by atoms with Crippen molar-refractivity contribution in [2.24, 2.45) is 0 Å². The summed E-state index contributed by atoms with van der Waals surface area (Å²) < 4.78 is 11.0. The predicted molar refractivity (Wildman–Crippen MR) is 95.4 cm³/mol. The van der Waals surface area contributed by atoms with Crippen molar-refractivity contribution in [2.45, 2.75) is 6.92 Å². The number of aromatic nitrogens is 2. The zero-order chi connectivity index (χ0) is 17.6. The van der Waals surface area contributed by atoms with Crippen LogP contribution in [0.5, 0.6) is 0 Å². The van der Waals surface area contributed by atoms with Crippen molar-refractivity contribution >= 4 is 22.8 Å². The van der Waals surface area contributed by atoms with Crippen molar-refractivity contribution < 1.29 is 13.9 Å². The van der Waals surface area contributed by atoms with Gasteiger partial charge < -0.3 is 19.4 Å². The molecule has 0 bridgehead atoms. The highest BCUT2D eigenvalue weighted by Crippen LogP contribution is 2.25. The number of rotatable bonds is 6. The van der Waals surface area contributed by atoms with E-state index in [2.05, 4.69) is 15.3 Å². The normalized spacial score (nSPS) is 10.8. The smallest absolute Gasteiger partial charge is 0.321 e. The third-order valence-corrected chi connectivity index (χ3v) is 3.65. The summed E-state index contributed by atoms with van der Waals surface area (Å²) in [5.74, 6) is 0.452. The average Bonchev–Trinajstić information content (AvgIpc) is 3.06. The Morgan fingerprint density at radius 2 is 2.20 bits per heavy atom. The largest absolute Gasteiger partial charge is 0.435 e. The SMILES string of the molecule is CCOCCN(C)C(=O)Nc1ccc2nc(-c3ccccn3)oc2c1. The van der Waals surface area contributed by atoms with Crippen LogP contribution >= 0.6 is 0 Å². The number of urea groups is 1. The zero-order valence-corrected chi connectivity index (χ0v) is 14.2. The highest BCUT2D eigenvalue weighted by atomic mass is 16.5. The minimum absolute atomic E-state index is 0.205. The summed E-state index contributed by atoms with van der Waals surface area (Å²) in [7, 11) is 1.72. The van der Waals surface area contributed by atoms with Crippen LogP contribution in [0.25, 0.3) is 22.7 Å². The Labute approximate surface area is 145 Å². The number of benzene rings is 1. The van der Waals surface area contributed by atoms with Crippen LogP contribution < -0.4 is 5.32 Å². The second kappa shape index (κ2) is 7.76. The molecule has 2 aromatic heterocycles. The van der Waals surface area contributed by atoms with Crippen LogP contribution in [0, 0.1) is 0 Å². The number of amides is 2. The zero-order valence-electron chi connectivity index (χ0n) is 14.2. The quantitative estimate of drug-likeness (QED) is 0.696. The lowest BCUT2D eigenvalue weighted by Gasteiger charge is -2.17. The first-order valence-electron chi connectivity index (χ1n) is 8.09. The lowest BCUT2D eigenvalue weighted by atomic mass is 10.3. The molecule has 1 N–H and O–H groups in total. The molecule has 2 heterocycles. The standard InChI is InChI=1S/C18H20N4O3/c1-3-24-11-10-22(2)18(23)20-13-7-8-14-16(12-13)25-17(21-14)15-6-4-5-9-19-15/h4-9,12H,3,10-11H2,1-2H3,(H,20,23). The molecule has 25 heavy (non-hydrogen) atoms. The second-order valence-corrected chi connectivity index (χ2v) is 5.47. The number of likely N-dealkylation sites (N-methyl/N-ethyl adjacent to an activating group) is 1. The molecular weight excluding hydrogens is 320 g/mol. The van der Waals surface area contributed by atoms with E-state index in [-0.39, 0.29) is 6.03 Å². The van der Waals surface area contributed by atoms with Crippen LogP contribution in [0.2, 0.25) is 0 Å². The van der Waals surface area contributed by atoms with E-state index in [0.29, 0.717) is 48.1 Å². The summed E-state index contributed by atoms with van der Waals surface area (Å²) in [6.45, 7) is 3.59. The van der Waals surface area contributed by atoms with Gasteiger partial charge >= 0.3 is 6.03 Å². The van der Waals surface area contributed by atoms with Crippen LogP contribution in [0.15, 0.2) is 47.0 Å². The van der Waals surface area contributed by atoms with Crippen molar-refractivity contribution in [1.82, 2.24) is 14.9 Å². The topological polar surface area (TPSA) is 80.5 Å². The minimum atomic E-state index is -0.205. The molecule has 1 aromatic carbocycles. The number of nitrogens with zero attached hydrogens (tertiary/aromatic N) is 3. The average molecular weight is 340 g/mol. The number of carbonyl (C=O) groups excluding carboxylic acids is 1. The van der Waals surface area contributed by atoms with E-state index < -0.39 is 0 Å². The highest BCUT2D eigenvalue weighted by molar-refractivity contribution is 5.91. The minimum Gasteiger partial charge on any atom is -0.435 e. The Morgan fingerprint density at radius 1 is 1.32 bits per heavy atom. The van der Waals surface area contributed by atoms with Crippen LogP contribution in [0.3, 0.4) is 0 Å². The van der Waals surface area contributed by atoms with E-state index in [1.54, 1.807) is 36.3 Å². The van der Waals surface area contributed by atoms with Gasteiger partial charge in [0.1, 0.15) is 11.2 Å². The number of hydrogen-bond donors (Lipinski definition) is 1. The number of pyridine rings is 1. The van der Waals surface area contributed by atoms with Crippen molar-refractivity contribution in [3.05, 3.63) is 42.6 Å². The Bertz CT molecular complexity index is 848. The van der Waals surface area contributed by atoms with Gasteiger partial charge in [0.2, 0.25) is 5.89 Å². The molecule has 7 nitrogen and oxygen atoms in total. The van der Waals surface area contributed by atoms with Crippen molar-refractivity contribution in [2.75, 3.05) is 32.1 Å². The highest BCUT2D eigenvalue weighted by Gasteiger charge is 2.12. The fourth-order valence-electron chi connectivity index (χ4n) is 2.27. The van der Waals surface area contributed by atoms with E-state index in [4.69, 9.17) is 9.15 Å². The number of hydrogen-bond acceptors (Lipinski definition) is 5. The van der Waals surface area contributed by atoms with Crippen LogP contribution in [0.4, 0.5) is 10.5 Å². The Morgan fingerprint density at radius 3 is 2.96 bits per heavy atom. The fraction of sp³-hybridized carbons (Fsp3) is 0.278.